The molecule has 10 nitrogen and oxygen atoms in total. The van der Waals surface area contributed by atoms with Gasteiger partial charge in [-0.3, -0.25) is 9.52 Å². The lowest BCUT2D eigenvalue weighted by atomic mass is 10.1. The Morgan fingerprint density at radius 2 is 1.69 bits per heavy atom. The first-order chi connectivity index (χ1) is 17.2. The van der Waals surface area contributed by atoms with Gasteiger partial charge in [-0.15, -0.1) is 0 Å². The monoisotopic (exact) mass is 505 g/mol. The summed E-state index contributed by atoms with van der Waals surface area (Å²) in [6.07, 6.45) is 1.47. The number of hydrogen-bond donors (Lipinski definition) is 3. The SMILES string of the molecule is Cc1nc(-c2ccc(C(=O)OCC(=O)Nc3ccc(S(=O)(=O)Nc4ccccn4)cc3)cc2)[nH]c1C. The van der Waals surface area contributed by atoms with Crippen molar-refractivity contribution in [2.24, 2.45) is 0 Å². The number of rotatable bonds is 8. The first kappa shape index (κ1) is 24.6. The summed E-state index contributed by atoms with van der Waals surface area (Å²) in [5.41, 5.74) is 3.33. The standard InChI is InChI=1S/C25H23N5O5S/c1-16-17(2)28-24(27-16)18-6-8-19(9-7-18)25(32)35-15-23(31)29-20-10-12-21(13-11-20)36(33,34)30-22-5-3-4-14-26-22/h3-14H,15H2,1-2H3,(H,26,30)(H,27,28)(H,29,31). The van der Waals surface area contributed by atoms with Gasteiger partial charge >= 0.3 is 5.97 Å². The van der Waals surface area contributed by atoms with Crippen LogP contribution in [0.4, 0.5) is 11.5 Å². The summed E-state index contributed by atoms with van der Waals surface area (Å²) in [6, 6.07) is 17.1. The number of esters is 1. The van der Waals surface area contributed by atoms with Gasteiger partial charge in [-0.2, -0.15) is 0 Å². The molecule has 0 fully saturated rings. The van der Waals surface area contributed by atoms with Gasteiger partial charge in [0.2, 0.25) is 0 Å². The smallest absolute Gasteiger partial charge is 0.338 e. The third kappa shape index (κ3) is 5.94. The van der Waals surface area contributed by atoms with E-state index in [4.69, 9.17) is 4.74 Å². The van der Waals surface area contributed by atoms with Crippen molar-refractivity contribution in [2.45, 2.75) is 18.7 Å². The number of carbonyl (C=O) groups is 2. The van der Waals surface area contributed by atoms with Gasteiger partial charge in [0.25, 0.3) is 15.9 Å². The van der Waals surface area contributed by atoms with E-state index in [2.05, 4.69) is 25.0 Å². The molecule has 11 heteroatoms. The van der Waals surface area contributed by atoms with Gasteiger partial charge in [0.15, 0.2) is 6.61 Å². The molecular weight excluding hydrogens is 482 g/mol. The number of nitrogens with one attached hydrogen (secondary N) is 3. The number of benzene rings is 2. The zero-order valence-corrected chi connectivity index (χ0v) is 20.3. The molecule has 0 aliphatic carbocycles. The number of sulfonamides is 1. The van der Waals surface area contributed by atoms with E-state index in [1.165, 1.54) is 36.5 Å². The molecule has 0 bridgehead atoms. The van der Waals surface area contributed by atoms with Crippen LogP contribution in [0, 0.1) is 13.8 Å². The van der Waals surface area contributed by atoms with Gasteiger partial charge in [-0.25, -0.2) is 23.2 Å². The molecule has 3 N–H and O–H groups in total. The van der Waals surface area contributed by atoms with E-state index >= 15 is 0 Å². The number of imidazole rings is 1. The van der Waals surface area contributed by atoms with Crippen LogP contribution in [0.25, 0.3) is 11.4 Å². The molecule has 0 aliphatic rings. The maximum atomic E-state index is 12.5. The van der Waals surface area contributed by atoms with E-state index in [0.29, 0.717) is 17.1 Å². The summed E-state index contributed by atoms with van der Waals surface area (Å²) in [5.74, 6) is -0.317. The Labute approximate surface area is 207 Å². The van der Waals surface area contributed by atoms with Crippen molar-refractivity contribution in [1.82, 2.24) is 15.0 Å². The molecule has 0 atom stereocenters. The molecule has 0 radical (unpaired) electrons. The average molecular weight is 506 g/mol. The van der Waals surface area contributed by atoms with E-state index in [1.807, 2.05) is 13.8 Å². The van der Waals surface area contributed by atoms with Crippen molar-refractivity contribution >= 4 is 33.4 Å². The molecule has 36 heavy (non-hydrogen) atoms. The van der Waals surface area contributed by atoms with Crippen LogP contribution < -0.4 is 10.0 Å². The highest BCUT2D eigenvalue weighted by atomic mass is 32.2. The summed E-state index contributed by atoms with van der Waals surface area (Å²) < 4.78 is 32.4. The molecular formula is C25H23N5O5S. The summed E-state index contributed by atoms with van der Waals surface area (Å²) in [6.45, 7) is 3.33. The Morgan fingerprint density at radius 3 is 2.31 bits per heavy atom. The topological polar surface area (TPSA) is 143 Å². The van der Waals surface area contributed by atoms with E-state index in [1.54, 1.807) is 36.4 Å². The molecule has 4 rings (SSSR count). The van der Waals surface area contributed by atoms with Crippen molar-refractivity contribution in [3.05, 3.63) is 89.9 Å². The number of anilines is 2. The first-order valence-corrected chi connectivity index (χ1v) is 12.3. The number of pyridine rings is 1. The molecule has 2 aromatic heterocycles. The van der Waals surface area contributed by atoms with E-state index < -0.39 is 28.5 Å². The van der Waals surface area contributed by atoms with Crippen molar-refractivity contribution in [3.63, 3.8) is 0 Å². The van der Waals surface area contributed by atoms with E-state index in [9.17, 15) is 18.0 Å². The Balaban J connectivity index is 1.30. The number of nitrogens with zero attached hydrogens (tertiary/aromatic N) is 2. The van der Waals surface area contributed by atoms with Crippen molar-refractivity contribution < 1.29 is 22.7 Å². The second-order valence-corrected chi connectivity index (χ2v) is 9.52. The van der Waals surface area contributed by atoms with Gasteiger partial charge in [-0.1, -0.05) is 18.2 Å². The number of ether oxygens (including phenoxy) is 1. The van der Waals surface area contributed by atoms with Gasteiger partial charge < -0.3 is 15.0 Å². The van der Waals surface area contributed by atoms with Crippen LogP contribution in [-0.4, -0.2) is 41.9 Å². The Kier molecular flexibility index (Phi) is 7.11. The fourth-order valence-corrected chi connectivity index (χ4v) is 4.21. The largest absolute Gasteiger partial charge is 0.452 e. The lowest BCUT2D eigenvalue weighted by molar-refractivity contribution is -0.119. The fraction of sp³-hybridized carbons (Fsp3) is 0.120. The minimum atomic E-state index is -3.83. The van der Waals surface area contributed by atoms with Crippen molar-refractivity contribution in [3.8, 4) is 11.4 Å². The zero-order valence-electron chi connectivity index (χ0n) is 19.5. The highest BCUT2D eigenvalue weighted by Gasteiger charge is 2.16. The number of H-pyrrole nitrogens is 1. The maximum Gasteiger partial charge on any atom is 0.338 e. The number of aromatic nitrogens is 3. The Bertz CT molecular complexity index is 1460. The van der Waals surface area contributed by atoms with Crippen LogP contribution in [0.5, 0.6) is 0 Å². The van der Waals surface area contributed by atoms with Crippen LogP contribution in [0.2, 0.25) is 0 Å². The van der Waals surface area contributed by atoms with Crippen molar-refractivity contribution in [2.75, 3.05) is 16.6 Å². The molecule has 1 amide bonds. The average Bonchev–Trinajstić information content (AvgIpc) is 3.21. The van der Waals surface area contributed by atoms with Gasteiger partial charge in [0, 0.05) is 23.1 Å². The number of carbonyl (C=O) groups excluding carboxylic acids is 2. The van der Waals surface area contributed by atoms with Crippen LogP contribution in [0.1, 0.15) is 21.7 Å². The second-order valence-electron chi connectivity index (χ2n) is 7.84. The van der Waals surface area contributed by atoms with Gasteiger partial charge in [-0.05, 0) is 62.4 Å². The minimum absolute atomic E-state index is 0.000830. The summed E-state index contributed by atoms with van der Waals surface area (Å²) in [4.78, 5) is 36.0. The molecule has 0 saturated heterocycles. The lowest BCUT2D eigenvalue weighted by Crippen LogP contribution is -2.21. The molecule has 4 aromatic rings. The van der Waals surface area contributed by atoms with Crippen LogP contribution in [0.15, 0.2) is 77.8 Å². The molecule has 0 spiro atoms. The number of amides is 1. The van der Waals surface area contributed by atoms with Crippen molar-refractivity contribution in [1.29, 1.82) is 0 Å². The van der Waals surface area contributed by atoms with Crippen LogP contribution in [-0.2, 0) is 19.6 Å². The Hall–Kier alpha value is -4.51. The molecule has 2 aromatic carbocycles. The van der Waals surface area contributed by atoms with E-state index in [-0.39, 0.29) is 10.7 Å². The zero-order chi connectivity index (χ0) is 25.7. The maximum absolute atomic E-state index is 12.5. The normalized spacial score (nSPS) is 11.1. The minimum Gasteiger partial charge on any atom is -0.452 e. The quantitative estimate of drug-likeness (QED) is 0.310. The van der Waals surface area contributed by atoms with Gasteiger partial charge in [0.1, 0.15) is 11.6 Å². The summed E-state index contributed by atoms with van der Waals surface area (Å²) >= 11 is 0. The predicted octanol–water partition coefficient (Wildman–Crippen LogP) is 3.68. The molecule has 0 unspecified atom stereocenters. The third-order valence-electron chi connectivity index (χ3n) is 5.21. The highest BCUT2D eigenvalue weighted by Crippen LogP contribution is 2.19. The van der Waals surface area contributed by atoms with Crippen LogP contribution >= 0.6 is 0 Å². The third-order valence-corrected chi connectivity index (χ3v) is 6.58. The number of aromatic amines is 1. The first-order valence-electron chi connectivity index (χ1n) is 10.9. The molecule has 0 aliphatic heterocycles. The number of aryl methyl sites for hydroxylation is 2. The molecule has 0 saturated carbocycles. The predicted molar refractivity (Wildman–Crippen MR) is 134 cm³/mol. The molecule has 2 heterocycles. The second kappa shape index (κ2) is 10.4. The fourth-order valence-electron chi connectivity index (χ4n) is 3.20. The van der Waals surface area contributed by atoms with Gasteiger partial charge in [0.05, 0.1) is 16.2 Å². The summed E-state index contributed by atoms with van der Waals surface area (Å²) in [5, 5.41) is 2.56. The number of hydrogen-bond acceptors (Lipinski definition) is 7. The lowest BCUT2D eigenvalue weighted by Gasteiger charge is -2.09. The van der Waals surface area contributed by atoms with E-state index in [0.717, 1.165) is 17.0 Å². The Morgan fingerprint density at radius 1 is 0.972 bits per heavy atom. The highest BCUT2D eigenvalue weighted by molar-refractivity contribution is 7.92. The summed E-state index contributed by atoms with van der Waals surface area (Å²) in [7, 11) is -3.83. The molecule has 184 valence electrons. The van der Waals surface area contributed by atoms with Crippen LogP contribution in [0.3, 0.4) is 0 Å².